The van der Waals surface area contributed by atoms with Gasteiger partial charge in [-0.3, -0.25) is 29.3 Å². The first-order valence-electron chi connectivity index (χ1n) is 14.0. The summed E-state index contributed by atoms with van der Waals surface area (Å²) in [5.41, 5.74) is 1.04. The molecule has 0 heterocycles. The predicted octanol–water partition coefficient (Wildman–Crippen LogP) is 9.01. The summed E-state index contributed by atoms with van der Waals surface area (Å²) in [6.07, 6.45) is 2.55. The van der Waals surface area contributed by atoms with Crippen LogP contribution in [-0.4, -0.2) is 28.2 Å². The van der Waals surface area contributed by atoms with Crippen molar-refractivity contribution in [1.29, 1.82) is 0 Å². The van der Waals surface area contributed by atoms with Crippen LogP contribution in [0.1, 0.15) is 55.6 Å². The smallest absolute Gasteiger partial charge is 0.312 e. The van der Waals surface area contributed by atoms with Crippen molar-refractivity contribution >= 4 is 78.7 Å². The molecular formula is C35H29Br2NO7S. The van der Waals surface area contributed by atoms with Gasteiger partial charge < -0.3 is 4.74 Å². The van der Waals surface area contributed by atoms with Crippen LogP contribution in [0.5, 0.6) is 5.75 Å². The summed E-state index contributed by atoms with van der Waals surface area (Å²) in [7, 11) is 0. The normalized spacial score (nSPS) is 13.9. The second-order valence-electron chi connectivity index (χ2n) is 11.3. The number of carbonyl (C=O) groups excluding carboxylic acids is 4. The lowest BCUT2D eigenvalue weighted by atomic mass is 9.73. The molecule has 8 nitrogen and oxygen atoms in total. The fourth-order valence-electron chi connectivity index (χ4n) is 4.95. The molecule has 3 aromatic carbocycles. The lowest BCUT2D eigenvalue weighted by molar-refractivity contribution is -0.385. The van der Waals surface area contributed by atoms with Crippen LogP contribution in [-0.2, 0) is 20.1 Å². The highest BCUT2D eigenvalue weighted by atomic mass is 79.9. The van der Waals surface area contributed by atoms with Crippen molar-refractivity contribution in [2.75, 3.05) is 0 Å². The average molecular weight is 767 g/mol. The molecule has 0 spiro atoms. The fraction of sp³-hybridized carbons (Fsp3) is 0.200. The van der Waals surface area contributed by atoms with E-state index < -0.39 is 22.0 Å². The third-order valence-electron chi connectivity index (χ3n) is 7.28. The Bertz CT molecular complexity index is 1840. The number of benzene rings is 3. The van der Waals surface area contributed by atoms with Crippen molar-refractivity contribution in [3.05, 3.63) is 130 Å². The van der Waals surface area contributed by atoms with Crippen LogP contribution >= 0.6 is 43.6 Å². The molecule has 0 fully saturated rings. The van der Waals surface area contributed by atoms with E-state index >= 15 is 0 Å². The molecule has 1 aliphatic rings. The zero-order valence-electron chi connectivity index (χ0n) is 25.4. The zero-order chi connectivity index (χ0) is 33.8. The molecule has 0 unspecified atom stereocenters. The van der Waals surface area contributed by atoms with Gasteiger partial charge in [-0.05, 0) is 85.7 Å². The Morgan fingerprint density at radius 1 is 0.957 bits per heavy atom. The minimum atomic E-state index is -1.09. The molecule has 46 heavy (non-hydrogen) atoms. The maximum atomic E-state index is 13.6. The molecule has 0 atom stereocenters. The second kappa shape index (κ2) is 14.7. The zero-order valence-corrected chi connectivity index (χ0v) is 29.4. The third kappa shape index (κ3) is 8.45. The number of thioether (sulfide) groups is 1. The summed E-state index contributed by atoms with van der Waals surface area (Å²) in [5, 5.41) is 11.9. The van der Waals surface area contributed by atoms with Crippen LogP contribution in [0.2, 0.25) is 0 Å². The van der Waals surface area contributed by atoms with Crippen LogP contribution in [0.15, 0.2) is 103 Å². The summed E-state index contributed by atoms with van der Waals surface area (Å²) < 4.78 is 7.28. The SMILES string of the molecule is CC1=CC(=O)C(C)=C(C(C)(C)CC(=O)Oc2cc(C=C(SCc3ccc(Br)cc3)C(=O)c3ccc(Br)cc3)ccc2[N+](=O)[O-])C1=O. The van der Waals surface area contributed by atoms with Gasteiger partial charge in [-0.15, -0.1) is 11.8 Å². The van der Waals surface area contributed by atoms with E-state index in [2.05, 4.69) is 31.9 Å². The number of hydrogen-bond donors (Lipinski definition) is 0. The predicted molar refractivity (Wildman–Crippen MR) is 185 cm³/mol. The Morgan fingerprint density at radius 3 is 2.17 bits per heavy atom. The first-order chi connectivity index (χ1) is 21.7. The number of ether oxygens (including phenoxy) is 1. The molecule has 1 aliphatic carbocycles. The molecule has 3 aromatic rings. The molecule has 4 rings (SSSR count). The number of nitro groups is 1. The number of nitrogens with zero attached hydrogens (tertiary/aromatic N) is 1. The average Bonchev–Trinajstić information content (AvgIpc) is 2.98. The Balaban J connectivity index is 1.65. The number of rotatable bonds is 11. The van der Waals surface area contributed by atoms with E-state index in [1.165, 1.54) is 49.9 Å². The molecular weight excluding hydrogens is 738 g/mol. The maximum absolute atomic E-state index is 13.6. The van der Waals surface area contributed by atoms with Crippen molar-refractivity contribution < 1.29 is 28.8 Å². The van der Waals surface area contributed by atoms with Gasteiger partial charge in [0.05, 0.1) is 16.2 Å². The van der Waals surface area contributed by atoms with Crippen LogP contribution in [0.25, 0.3) is 6.08 Å². The third-order valence-corrected chi connectivity index (χ3v) is 9.43. The number of esters is 1. The van der Waals surface area contributed by atoms with E-state index in [9.17, 15) is 29.3 Å². The van der Waals surface area contributed by atoms with E-state index in [0.717, 1.165) is 14.5 Å². The van der Waals surface area contributed by atoms with Gasteiger partial charge in [0.15, 0.2) is 17.3 Å². The lowest BCUT2D eigenvalue weighted by Crippen LogP contribution is -2.31. The Labute approximate surface area is 287 Å². The van der Waals surface area contributed by atoms with Gasteiger partial charge in [0.2, 0.25) is 5.75 Å². The Morgan fingerprint density at radius 2 is 1.57 bits per heavy atom. The maximum Gasteiger partial charge on any atom is 0.312 e. The first-order valence-corrected chi connectivity index (χ1v) is 16.6. The highest BCUT2D eigenvalue weighted by molar-refractivity contribution is 9.10. The number of halogens is 2. The van der Waals surface area contributed by atoms with Gasteiger partial charge in [0, 0.05) is 48.5 Å². The van der Waals surface area contributed by atoms with Crippen LogP contribution in [0, 0.1) is 15.5 Å². The van der Waals surface area contributed by atoms with Crippen molar-refractivity contribution in [2.45, 2.75) is 39.9 Å². The quantitative estimate of drug-likeness (QED) is 0.0361. The second-order valence-corrected chi connectivity index (χ2v) is 14.1. The number of allylic oxidation sites excluding steroid dienone is 5. The summed E-state index contributed by atoms with van der Waals surface area (Å²) in [6.45, 7) is 6.37. The largest absolute Gasteiger partial charge is 0.419 e. The van der Waals surface area contributed by atoms with Gasteiger partial charge in [0.1, 0.15) is 0 Å². The molecule has 0 saturated heterocycles. The molecule has 0 radical (unpaired) electrons. The van der Waals surface area contributed by atoms with E-state index in [1.807, 2.05) is 24.3 Å². The number of Topliss-reactive ketones (excluding diaryl/α,β-unsaturated/α-hetero) is 2. The Kier molecular flexibility index (Phi) is 11.1. The van der Waals surface area contributed by atoms with Crippen molar-refractivity contribution in [3.63, 3.8) is 0 Å². The molecule has 236 valence electrons. The fourth-order valence-corrected chi connectivity index (χ4v) is 6.46. The van der Waals surface area contributed by atoms with Crippen molar-refractivity contribution in [1.82, 2.24) is 0 Å². The molecule has 0 N–H and O–H groups in total. The van der Waals surface area contributed by atoms with Gasteiger partial charge >= 0.3 is 11.7 Å². The van der Waals surface area contributed by atoms with Crippen LogP contribution in [0.3, 0.4) is 0 Å². The number of hydrogen-bond acceptors (Lipinski definition) is 8. The highest BCUT2D eigenvalue weighted by Gasteiger charge is 2.37. The molecule has 0 saturated carbocycles. The molecule has 0 amide bonds. The van der Waals surface area contributed by atoms with E-state index in [4.69, 9.17) is 4.74 Å². The summed E-state index contributed by atoms with van der Waals surface area (Å²) in [6, 6.07) is 18.7. The summed E-state index contributed by atoms with van der Waals surface area (Å²) in [5.74, 6) is -1.53. The standard InChI is InChI=1S/C35H29Br2NO7S/c1-20-15-28(39)21(2)32(33(20)41)35(3,4)18-31(40)45-29-16-23(7-14-27(29)38(43)44)17-30(34(42)24-8-12-26(37)13-9-24)46-19-22-5-10-25(36)11-6-22/h5-17H,18-19H2,1-4H3. The topological polar surface area (TPSA) is 121 Å². The van der Waals surface area contributed by atoms with E-state index in [1.54, 1.807) is 44.2 Å². The molecule has 0 bridgehead atoms. The molecule has 0 aromatic heterocycles. The number of ketones is 3. The number of carbonyl (C=O) groups is 4. The summed E-state index contributed by atoms with van der Waals surface area (Å²) >= 11 is 8.12. The van der Waals surface area contributed by atoms with E-state index in [0.29, 0.717) is 21.8 Å². The highest BCUT2D eigenvalue weighted by Crippen LogP contribution is 2.39. The van der Waals surface area contributed by atoms with Crippen LogP contribution in [0.4, 0.5) is 5.69 Å². The van der Waals surface area contributed by atoms with Crippen LogP contribution < -0.4 is 4.74 Å². The van der Waals surface area contributed by atoms with Gasteiger partial charge in [-0.25, -0.2) is 0 Å². The van der Waals surface area contributed by atoms with Crippen molar-refractivity contribution in [2.24, 2.45) is 5.41 Å². The van der Waals surface area contributed by atoms with Gasteiger partial charge in [-0.1, -0.05) is 57.8 Å². The molecule has 0 aliphatic heterocycles. The minimum Gasteiger partial charge on any atom is -0.419 e. The molecule has 11 heteroatoms. The van der Waals surface area contributed by atoms with Gasteiger partial charge in [0.25, 0.3) is 0 Å². The Hall–Kier alpha value is -3.93. The summed E-state index contributed by atoms with van der Waals surface area (Å²) in [4.78, 5) is 63.7. The minimum absolute atomic E-state index is 0.208. The van der Waals surface area contributed by atoms with Crippen molar-refractivity contribution in [3.8, 4) is 5.75 Å². The first kappa shape index (κ1) is 34.9. The monoisotopic (exact) mass is 765 g/mol. The van der Waals surface area contributed by atoms with Gasteiger partial charge in [-0.2, -0.15) is 0 Å². The number of nitro benzene ring substituents is 1. The lowest BCUT2D eigenvalue weighted by Gasteiger charge is -2.29. The van der Waals surface area contributed by atoms with E-state index in [-0.39, 0.29) is 46.2 Å².